The predicted molar refractivity (Wildman–Crippen MR) is 86.6 cm³/mol. The largest absolute Gasteiger partial charge is 0.481 e. The van der Waals surface area contributed by atoms with Gasteiger partial charge in [0.1, 0.15) is 6.61 Å². The molecule has 0 aromatic rings. The standard InChI is InChI=1S/C17H23F6NO5/c1-8(2)12-7-29-15(28)24(12)13(25)10(4-5-16(18,19)20)11(14(26)27)6-9(3)17(21,22)23/h8-12H,4-7H2,1-3H3,(H,26,27). The van der Waals surface area contributed by atoms with Crippen LogP contribution in [0.1, 0.15) is 40.0 Å². The maximum atomic E-state index is 12.9. The molecule has 4 unspecified atom stereocenters. The second kappa shape index (κ2) is 9.21. The van der Waals surface area contributed by atoms with Crippen molar-refractivity contribution in [2.45, 2.75) is 58.4 Å². The molecule has 168 valence electrons. The van der Waals surface area contributed by atoms with Gasteiger partial charge in [0.15, 0.2) is 0 Å². The highest BCUT2D eigenvalue weighted by Gasteiger charge is 2.48. The van der Waals surface area contributed by atoms with Crippen molar-refractivity contribution in [3.8, 4) is 0 Å². The molecule has 29 heavy (non-hydrogen) atoms. The van der Waals surface area contributed by atoms with Gasteiger partial charge in [-0.05, 0) is 18.8 Å². The number of carboxylic acid groups (broad SMARTS) is 1. The van der Waals surface area contributed by atoms with Crippen molar-refractivity contribution in [2.24, 2.45) is 23.7 Å². The number of hydrogen-bond donors (Lipinski definition) is 1. The van der Waals surface area contributed by atoms with E-state index >= 15 is 0 Å². The number of imide groups is 1. The van der Waals surface area contributed by atoms with Crippen molar-refractivity contribution >= 4 is 18.0 Å². The molecule has 0 radical (unpaired) electrons. The lowest BCUT2D eigenvalue weighted by Crippen LogP contribution is -2.48. The average molecular weight is 435 g/mol. The van der Waals surface area contributed by atoms with Crippen molar-refractivity contribution in [3.05, 3.63) is 0 Å². The molecule has 2 amide bonds. The number of carboxylic acids is 1. The van der Waals surface area contributed by atoms with Crippen molar-refractivity contribution in [2.75, 3.05) is 6.61 Å². The lowest BCUT2D eigenvalue weighted by atomic mass is 9.80. The van der Waals surface area contributed by atoms with Crippen LogP contribution < -0.4 is 0 Å². The molecule has 1 heterocycles. The second-order valence-corrected chi connectivity index (χ2v) is 7.48. The fraction of sp³-hybridized carbons (Fsp3) is 0.824. The van der Waals surface area contributed by atoms with Gasteiger partial charge in [-0.2, -0.15) is 26.3 Å². The van der Waals surface area contributed by atoms with Gasteiger partial charge in [0.25, 0.3) is 0 Å². The van der Waals surface area contributed by atoms with Crippen LogP contribution in [0.25, 0.3) is 0 Å². The summed E-state index contributed by atoms with van der Waals surface area (Å²) in [4.78, 5) is 37.0. The van der Waals surface area contributed by atoms with Crippen LogP contribution in [0.4, 0.5) is 31.1 Å². The van der Waals surface area contributed by atoms with E-state index in [1.807, 2.05) is 0 Å². The smallest absolute Gasteiger partial charge is 0.416 e. The summed E-state index contributed by atoms with van der Waals surface area (Å²) >= 11 is 0. The Kier molecular flexibility index (Phi) is 7.94. The zero-order valence-electron chi connectivity index (χ0n) is 16.0. The van der Waals surface area contributed by atoms with Crippen molar-refractivity contribution in [3.63, 3.8) is 0 Å². The highest BCUT2D eigenvalue weighted by atomic mass is 19.4. The van der Waals surface area contributed by atoms with Gasteiger partial charge in [0.05, 0.1) is 23.8 Å². The van der Waals surface area contributed by atoms with Crippen molar-refractivity contribution in [1.29, 1.82) is 0 Å². The summed E-state index contributed by atoms with van der Waals surface area (Å²) in [5, 5.41) is 9.38. The van der Waals surface area contributed by atoms with Gasteiger partial charge in [-0.3, -0.25) is 9.59 Å². The van der Waals surface area contributed by atoms with E-state index in [1.165, 1.54) is 0 Å². The summed E-state index contributed by atoms with van der Waals surface area (Å²) in [7, 11) is 0. The highest BCUT2D eigenvalue weighted by molar-refractivity contribution is 5.96. The lowest BCUT2D eigenvalue weighted by molar-refractivity contribution is -0.180. The summed E-state index contributed by atoms with van der Waals surface area (Å²) in [5.74, 6) is -9.65. The molecule has 0 aromatic heterocycles. The van der Waals surface area contributed by atoms with Crippen LogP contribution in [0.5, 0.6) is 0 Å². The minimum absolute atomic E-state index is 0.231. The third-order valence-electron chi connectivity index (χ3n) is 4.94. The van der Waals surface area contributed by atoms with Crippen LogP contribution in [0, 0.1) is 23.7 Å². The van der Waals surface area contributed by atoms with Gasteiger partial charge in [-0.15, -0.1) is 0 Å². The van der Waals surface area contributed by atoms with Gasteiger partial charge < -0.3 is 9.84 Å². The Bertz CT molecular complexity index is 618. The Morgan fingerprint density at radius 1 is 1.14 bits per heavy atom. The molecule has 0 aliphatic carbocycles. The van der Waals surface area contributed by atoms with E-state index in [9.17, 15) is 45.8 Å². The van der Waals surface area contributed by atoms with Gasteiger partial charge in [0.2, 0.25) is 5.91 Å². The van der Waals surface area contributed by atoms with E-state index in [-0.39, 0.29) is 12.5 Å². The number of carbonyl (C=O) groups is 3. The molecule has 4 atom stereocenters. The summed E-state index contributed by atoms with van der Waals surface area (Å²) in [6.07, 6.45) is -14.4. The first-order valence-corrected chi connectivity index (χ1v) is 8.92. The number of aliphatic carboxylic acids is 1. The van der Waals surface area contributed by atoms with Gasteiger partial charge >= 0.3 is 24.4 Å². The molecule has 0 bridgehead atoms. The zero-order valence-corrected chi connectivity index (χ0v) is 16.0. The molecule has 12 heteroatoms. The molecule has 6 nitrogen and oxygen atoms in total. The Balaban J connectivity index is 3.27. The minimum Gasteiger partial charge on any atom is -0.481 e. The Hall–Kier alpha value is -2.01. The van der Waals surface area contributed by atoms with Crippen LogP contribution in [0.2, 0.25) is 0 Å². The SMILES string of the molecule is CC(C)C1COC(=O)N1C(=O)C(CCC(F)(F)F)C(CC(C)C(F)(F)F)C(=O)O. The Labute approximate surface area is 163 Å². The maximum absolute atomic E-state index is 12.9. The molecule has 0 spiro atoms. The second-order valence-electron chi connectivity index (χ2n) is 7.48. The maximum Gasteiger partial charge on any atom is 0.416 e. The van der Waals surface area contributed by atoms with Crippen LogP contribution in [0.3, 0.4) is 0 Å². The molecule has 1 aliphatic rings. The van der Waals surface area contributed by atoms with E-state index in [2.05, 4.69) is 0 Å². The van der Waals surface area contributed by atoms with Crippen LogP contribution in [-0.2, 0) is 14.3 Å². The number of halogens is 6. The quantitative estimate of drug-likeness (QED) is 0.577. The summed E-state index contributed by atoms with van der Waals surface area (Å²) in [5.41, 5.74) is 0. The topological polar surface area (TPSA) is 83.9 Å². The third-order valence-corrected chi connectivity index (χ3v) is 4.94. The van der Waals surface area contributed by atoms with Gasteiger partial charge in [-0.25, -0.2) is 9.69 Å². The first kappa shape index (κ1) is 25.0. The van der Waals surface area contributed by atoms with Crippen molar-refractivity contribution < 1.29 is 50.6 Å². The molecule has 1 fully saturated rings. The fourth-order valence-corrected chi connectivity index (χ4v) is 3.13. The molecule has 0 saturated carbocycles. The molecule has 1 saturated heterocycles. The van der Waals surface area contributed by atoms with E-state index < -0.39 is 73.4 Å². The van der Waals surface area contributed by atoms with Gasteiger partial charge in [0, 0.05) is 6.42 Å². The number of nitrogens with zero attached hydrogens (tertiary/aromatic N) is 1. The molecule has 0 aromatic carbocycles. The van der Waals surface area contributed by atoms with Crippen LogP contribution >= 0.6 is 0 Å². The first-order chi connectivity index (χ1) is 13.1. The van der Waals surface area contributed by atoms with Crippen LogP contribution in [0.15, 0.2) is 0 Å². The van der Waals surface area contributed by atoms with E-state index in [0.717, 1.165) is 0 Å². The number of rotatable bonds is 8. The summed E-state index contributed by atoms with van der Waals surface area (Å²) < 4.78 is 81.6. The lowest BCUT2D eigenvalue weighted by Gasteiger charge is -2.31. The summed E-state index contributed by atoms with van der Waals surface area (Å²) in [6, 6.07) is -0.849. The normalized spacial score (nSPS) is 21.1. The number of hydrogen-bond acceptors (Lipinski definition) is 4. The average Bonchev–Trinajstić information content (AvgIpc) is 2.93. The number of alkyl halides is 6. The molecular weight excluding hydrogens is 412 g/mol. The zero-order chi connectivity index (χ0) is 22.7. The Morgan fingerprint density at radius 3 is 2.10 bits per heavy atom. The number of cyclic esters (lactones) is 1. The predicted octanol–water partition coefficient (Wildman–Crippen LogP) is 4.24. The number of carbonyl (C=O) groups excluding carboxylic acids is 2. The fourth-order valence-electron chi connectivity index (χ4n) is 3.13. The molecule has 1 aliphatic heterocycles. The Morgan fingerprint density at radius 2 is 1.69 bits per heavy atom. The third kappa shape index (κ3) is 6.77. The minimum atomic E-state index is -4.79. The molecule has 1 N–H and O–H groups in total. The first-order valence-electron chi connectivity index (χ1n) is 8.92. The molecule has 1 rings (SSSR count). The number of ether oxygens (including phenoxy) is 1. The highest BCUT2D eigenvalue weighted by Crippen LogP contribution is 2.37. The van der Waals surface area contributed by atoms with Crippen LogP contribution in [-0.4, -0.2) is 53.0 Å². The van der Waals surface area contributed by atoms with E-state index in [0.29, 0.717) is 11.8 Å². The molecular formula is C17H23F6NO5. The van der Waals surface area contributed by atoms with Crippen molar-refractivity contribution in [1.82, 2.24) is 4.90 Å². The number of amides is 2. The summed E-state index contributed by atoms with van der Waals surface area (Å²) in [6.45, 7) is 3.67. The van der Waals surface area contributed by atoms with E-state index in [4.69, 9.17) is 4.74 Å². The monoisotopic (exact) mass is 435 g/mol. The van der Waals surface area contributed by atoms with Gasteiger partial charge in [-0.1, -0.05) is 20.8 Å². The van der Waals surface area contributed by atoms with E-state index in [1.54, 1.807) is 13.8 Å².